The summed E-state index contributed by atoms with van der Waals surface area (Å²) < 4.78 is 0. The molecule has 0 fully saturated rings. The van der Waals surface area contributed by atoms with Gasteiger partial charge in [0, 0.05) is 0 Å². The van der Waals surface area contributed by atoms with Crippen molar-refractivity contribution in [2.45, 2.75) is 93.9 Å². The molecule has 0 amide bonds. The van der Waals surface area contributed by atoms with Gasteiger partial charge in [0.05, 0.1) is 0 Å². The van der Waals surface area contributed by atoms with Crippen LogP contribution in [-0.4, -0.2) is 0 Å². The summed E-state index contributed by atoms with van der Waals surface area (Å²) in [6, 6.07) is 0. The molecule has 3 atom stereocenters. The fraction of sp³-hybridized carbons (Fsp3) is 1.00. The van der Waals surface area contributed by atoms with Crippen molar-refractivity contribution >= 4 is 0 Å². The number of rotatable bonds is 9. The zero-order valence-corrected chi connectivity index (χ0v) is 15.1. The van der Waals surface area contributed by atoms with Crippen LogP contribution in [0.4, 0.5) is 0 Å². The van der Waals surface area contributed by atoms with Gasteiger partial charge >= 0.3 is 0 Å². The Morgan fingerprint density at radius 3 is 1.79 bits per heavy atom. The Bertz CT molecular complexity index is 209. The van der Waals surface area contributed by atoms with E-state index in [0.29, 0.717) is 5.41 Å². The summed E-state index contributed by atoms with van der Waals surface area (Å²) >= 11 is 0. The minimum absolute atomic E-state index is 0.511. The summed E-state index contributed by atoms with van der Waals surface area (Å²) in [5.41, 5.74) is 0.511. The fourth-order valence-electron chi connectivity index (χ4n) is 3.70. The zero-order valence-electron chi connectivity index (χ0n) is 15.1. The number of hydrogen-bond acceptors (Lipinski definition) is 0. The normalized spacial score (nSPS) is 17.5. The van der Waals surface area contributed by atoms with E-state index in [4.69, 9.17) is 0 Å². The molecule has 0 spiro atoms. The second kappa shape index (κ2) is 9.03. The molecule has 0 aliphatic carbocycles. The molecule has 19 heavy (non-hydrogen) atoms. The average molecular weight is 269 g/mol. The van der Waals surface area contributed by atoms with E-state index in [9.17, 15) is 0 Å². The van der Waals surface area contributed by atoms with Gasteiger partial charge in [-0.25, -0.2) is 0 Å². The molecule has 0 saturated heterocycles. The molecule has 0 saturated carbocycles. The zero-order chi connectivity index (χ0) is 15.1. The quantitative estimate of drug-likeness (QED) is 0.397. The van der Waals surface area contributed by atoms with Crippen LogP contribution in [0, 0.1) is 29.1 Å². The molecular formula is C19H40. The van der Waals surface area contributed by atoms with E-state index in [1.807, 2.05) is 0 Å². The van der Waals surface area contributed by atoms with E-state index in [1.54, 1.807) is 0 Å². The molecule has 0 aromatic heterocycles. The van der Waals surface area contributed by atoms with Crippen LogP contribution in [0.1, 0.15) is 93.9 Å². The monoisotopic (exact) mass is 268 g/mol. The highest BCUT2D eigenvalue weighted by Crippen LogP contribution is 2.34. The summed E-state index contributed by atoms with van der Waals surface area (Å²) in [4.78, 5) is 0. The van der Waals surface area contributed by atoms with Gasteiger partial charge in [-0.05, 0) is 35.5 Å². The first-order chi connectivity index (χ1) is 8.72. The minimum Gasteiger partial charge on any atom is -0.0651 e. The first-order valence-electron chi connectivity index (χ1n) is 8.72. The van der Waals surface area contributed by atoms with E-state index in [2.05, 4.69) is 55.4 Å². The van der Waals surface area contributed by atoms with Crippen molar-refractivity contribution in [2.24, 2.45) is 29.1 Å². The first-order valence-corrected chi connectivity index (χ1v) is 8.72. The predicted octanol–water partition coefficient (Wildman–Crippen LogP) is 6.94. The van der Waals surface area contributed by atoms with Crippen LogP contribution < -0.4 is 0 Å². The third-order valence-corrected chi connectivity index (χ3v) is 5.02. The molecule has 0 aromatic rings. The van der Waals surface area contributed by atoms with Gasteiger partial charge in [-0.3, -0.25) is 0 Å². The van der Waals surface area contributed by atoms with Gasteiger partial charge in [-0.2, -0.15) is 0 Å². The van der Waals surface area contributed by atoms with Crippen molar-refractivity contribution in [2.75, 3.05) is 0 Å². The van der Waals surface area contributed by atoms with Crippen molar-refractivity contribution in [1.82, 2.24) is 0 Å². The Labute approximate surface area is 123 Å². The molecule has 116 valence electrons. The van der Waals surface area contributed by atoms with Gasteiger partial charge in [0.1, 0.15) is 0 Å². The van der Waals surface area contributed by atoms with Gasteiger partial charge < -0.3 is 0 Å². The highest BCUT2D eigenvalue weighted by atomic mass is 14.3. The second-order valence-corrected chi connectivity index (χ2v) is 8.15. The Morgan fingerprint density at radius 1 is 0.842 bits per heavy atom. The molecule has 0 N–H and O–H groups in total. The highest BCUT2D eigenvalue weighted by molar-refractivity contribution is 4.75. The van der Waals surface area contributed by atoms with E-state index >= 15 is 0 Å². The SMILES string of the molecule is CCC(CCCCC(C)(C)C)C(C)C(CC)C(C)C. The van der Waals surface area contributed by atoms with E-state index in [0.717, 1.165) is 23.7 Å². The predicted molar refractivity (Wildman–Crippen MR) is 89.5 cm³/mol. The molecule has 0 rings (SSSR count). The molecule has 0 aliphatic heterocycles. The summed E-state index contributed by atoms with van der Waals surface area (Å²) in [5.74, 6) is 3.58. The van der Waals surface area contributed by atoms with Crippen LogP contribution in [-0.2, 0) is 0 Å². The van der Waals surface area contributed by atoms with Gasteiger partial charge in [0.15, 0.2) is 0 Å². The Balaban J connectivity index is 4.19. The van der Waals surface area contributed by atoms with E-state index < -0.39 is 0 Å². The first kappa shape index (κ1) is 19.0. The third kappa shape index (κ3) is 8.00. The molecule has 0 aromatic carbocycles. The summed E-state index contributed by atoms with van der Waals surface area (Å²) in [5, 5.41) is 0. The Kier molecular flexibility index (Phi) is 9.03. The third-order valence-electron chi connectivity index (χ3n) is 5.02. The Morgan fingerprint density at radius 2 is 1.42 bits per heavy atom. The van der Waals surface area contributed by atoms with Gasteiger partial charge in [-0.15, -0.1) is 0 Å². The van der Waals surface area contributed by atoms with Crippen molar-refractivity contribution < 1.29 is 0 Å². The van der Waals surface area contributed by atoms with E-state index in [1.165, 1.54) is 38.5 Å². The topological polar surface area (TPSA) is 0 Å². The Hall–Kier alpha value is 0. The maximum atomic E-state index is 2.51. The van der Waals surface area contributed by atoms with E-state index in [-0.39, 0.29) is 0 Å². The summed E-state index contributed by atoms with van der Waals surface area (Å²) in [6.07, 6.45) is 8.35. The van der Waals surface area contributed by atoms with Crippen molar-refractivity contribution in [3.8, 4) is 0 Å². The standard InChI is InChI=1S/C19H40/c1-9-17(13-11-12-14-19(6,7)8)16(5)18(10-2)15(3)4/h15-18H,9-14H2,1-8H3. The molecule has 0 nitrogen and oxygen atoms in total. The molecule has 0 bridgehead atoms. The smallest absolute Gasteiger partial charge is 0.0365 e. The molecule has 0 aliphatic rings. The second-order valence-electron chi connectivity index (χ2n) is 8.15. The van der Waals surface area contributed by atoms with Crippen LogP contribution >= 0.6 is 0 Å². The van der Waals surface area contributed by atoms with Crippen LogP contribution in [0.2, 0.25) is 0 Å². The maximum absolute atomic E-state index is 2.51. The molecule has 0 heteroatoms. The summed E-state index contributed by atoms with van der Waals surface area (Å²) in [7, 11) is 0. The summed E-state index contributed by atoms with van der Waals surface area (Å²) in [6.45, 7) is 19.1. The molecular weight excluding hydrogens is 228 g/mol. The van der Waals surface area contributed by atoms with Crippen LogP contribution in [0.3, 0.4) is 0 Å². The lowest BCUT2D eigenvalue weighted by molar-refractivity contribution is 0.172. The van der Waals surface area contributed by atoms with Crippen LogP contribution in [0.5, 0.6) is 0 Å². The van der Waals surface area contributed by atoms with Gasteiger partial charge in [-0.1, -0.05) is 87.5 Å². The van der Waals surface area contributed by atoms with Crippen LogP contribution in [0.25, 0.3) is 0 Å². The highest BCUT2D eigenvalue weighted by Gasteiger charge is 2.25. The van der Waals surface area contributed by atoms with Gasteiger partial charge in [0.2, 0.25) is 0 Å². The largest absolute Gasteiger partial charge is 0.0651 e. The number of hydrogen-bond donors (Lipinski definition) is 0. The average Bonchev–Trinajstić information content (AvgIpc) is 2.27. The maximum Gasteiger partial charge on any atom is -0.0365 e. The lowest BCUT2D eigenvalue weighted by Crippen LogP contribution is -2.24. The number of unbranched alkanes of at least 4 members (excludes halogenated alkanes) is 1. The van der Waals surface area contributed by atoms with Crippen LogP contribution in [0.15, 0.2) is 0 Å². The lowest BCUT2D eigenvalue weighted by Gasteiger charge is -2.33. The van der Waals surface area contributed by atoms with Crippen molar-refractivity contribution in [3.63, 3.8) is 0 Å². The molecule has 0 radical (unpaired) electrons. The van der Waals surface area contributed by atoms with Crippen molar-refractivity contribution in [1.29, 1.82) is 0 Å². The molecule has 3 unspecified atom stereocenters. The van der Waals surface area contributed by atoms with Crippen molar-refractivity contribution in [3.05, 3.63) is 0 Å². The van der Waals surface area contributed by atoms with Gasteiger partial charge in [0.25, 0.3) is 0 Å². The molecule has 0 heterocycles. The lowest BCUT2D eigenvalue weighted by atomic mass is 9.73. The fourth-order valence-corrected chi connectivity index (χ4v) is 3.70. The minimum atomic E-state index is 0.511.